The van der Waals surface area contributed by atoms with Crippen LogP contribution in [0.15, 0.2) is 42.7 Å². The molecule has 24 heavy (non-hydrogen) atoms. The van der Waals surface area contributed by atoms with Crippen molar-refractivity contribution in [2.24, 2.45) is 0 Å². The first-order valence-corrected chi connectivity index (χ1v) is 8.36. The van der Waals surface area contributed by atoms with Crippen LogP contribution in [0.5, 0.6) is 0 Å². The van der Waals surface area contributed by atoms with Crippen LogP contribution in [0, 0.1) is 0 Å². The van der Waals surface area contributed by atoms with Crippen molar-refractivity contribution in [2.75, 3.05) is 19.6 Å². The highest BCUT2D eigenvalue weighted by molar-refractivity contribution is 6.00. The lowest BCUT2D eigenvalue weighted by atomic mass is 10.1. The SMILES string of the molecule is O=C(CN1Cc2ccccc2C1=O)N1CCCC(n2cccn2)C1. The van der Waals surface area contributed by atoms with Gasteiger partial charge in [-0.25, -0.2) is 0 Å². The van der Waals surface area contributed by atoms with Crippen LogP contribution < -0.4 is 0 Å². The molecule has 0 radical (unpaired) electrons. The molecule has 0 N–H and O–H groups in total. The van der Waals surface area contributed by atoms with E-state index in [-0.39, 0.29) is 24.4 Å². The molecule has 1 unspecified atom stereocenters. The van der Waals surface area contributed by atoms with E-state index in [0.29, 0.717) is 13.1 Å². The first kappa shape index (κ1) is 14.9. The number of likely N-dealkylation sites (tertiary alicyclic amines) is 1. The molecule has 2 aromatic rings. The number of amides is 2. The summed E-state index contributed by atoms with van der Waals surface area (Å²) < 4.78 is 1.93. The highest BCUT2D eigenvalue weighted by Gasteiger charge is 2.31. The van der Waals surface area contributed by atoms with E-state index in [1.807, 2.05) is 46.1 Å². The van der Waals surface area contributed by atoms with Crippen molar-refractivity contribution in [3.63, 3.8) is 0 Å². The maximum atomic E-state index is 12.7. The molecule has 3 heterocycles. The molecule has 0 bridgehead atoms. The van der Waals surface area contributed by atoms with Crippen LogP contribution in [-0.4, -0.2) is 51.0 Å². The van der Waals surface area contributed by atoms with Crippen LogP contribution in [0.2, 0.25) is 0 Å². The molecular weight excluding hydrogens is 304 g/mol. The van der Waals surface area contributed by atoms with Crippen molar-refractivity contribution in [2.45, 2.75) is 25.4 Å². The fourth-order valence-electron chi connectivity index (χ4n) is 3.60. The zero-order valence-corrected chi connectivity index (χ0v) is 13.5. The lowest BCUT2D eigenvalue weighted by molar-refractivity contribution is -0.133. The highest BCUT2D eigenvalue weighted by atomic mass is 16.2. The van der Waals surface area contributed by atoms with Crippen LogP contribution in [0.4, 0.5) is 0 Å². The summed E-state index contributed by atoms with van der Waals surface area (Å²) >= 11 is 0. The molecule has 1 aromatic carbocycles. The van der Waals surface area contributed by atoms with Gasteiger partial charge in [-0.05, 0) is 30.5 Å². The Morgan fingerprint density at radius 3 is 2.92 bits per heavy atom. The summed E-state index contributed by atoms with van der Waals surface area (Å²) in [6, 6.07) is 9.70. The van der Waals surface area contributed by atoms with Gasteiger partial charge in [-0.1, -0.05) is 18.2 Å². The maximum absolute atomic E-state index is 12.7. The lowest BCUT2D eigenvalue weighted by Crippen LogP contribution is -2.45. The molecule has 1 fully saturated rings. The largest absolute Gasteiger partial charge is 0.339 e. The van der Waals surface area contributed by atoms with Crippen LogP contribution >= 0.6 is 0 Å². The van der Waals surface area contributed by atoms with E-state index in [1.165, 1.54) is 0 Å². The Labute approximate surface area is 140 Å². The van der Waals surface area contributed by atoms with Gasteiger partial charge in [0.15, 0.2) is 0 Å². The van der Waals surface area contributed by atoms with Crippen molar-refractivity contribution in [1.29, 1.82) is 0 Å². The normalized spacial score (nSPS) is 20.3. The van der Waals surface area contributed by atoms with Crippen molar-refractivity contribution in [3.05, 3.63) is 53.9 Å². The Kier molecular flexibility index (Phi) is 3.80. The molecule has 0 aliphatic carbocycles. The van der Waals surface area contributed by atoms with E-state index in [9.17, 15) is 9.59 Å². The Hall–Kier alpha value is -2.63. The minimum absolute atomic E-state index is 0.0213. The fraction of sp³-hybridized carbons (Fsp3) is 0.389. The van der Waals surface area contributed by atoms with E-state index in [0.717, 1.165) is 30.5 Å². The van der Waals surface area contributed by atoms with Gasteiger partial charge >= 0.3 is 0 Å². The molecule has 2 aliphatic heterocycles. The van der Waals surface area contributed by atoms with Gasteiger partial charge in [0.05, 0.1) is 6.04 Å². The summed E-state index contributed by atoms with van der Waals surface area (Å²) in [5.74, 6) is -0.0207. The molecule has 124 valence electrons. The van der Waals surface area contributed by atoms with Gasteiger partial charge < -0.3 is 9.80 Å². The molecule has 6 nitrogen and oxygen atoms in total. The van der Waals surface area contributed by atoms with Crippen LogP contribution in [0.3, 0.4) is 0 Å². The number of carbonyl (C=O) groups is 2. The first-order chi connectivity index (χ1) is 11.7. The number of nitrogens with zero attached hydrogens (tertiary/aromatic N) is 4. The second-order valence-electron chi connectivity index (χ2n) is 6.44. The third kappa shape index (κ3) is 2.68. The summed E-state index contributed by atoms with van der Waals surface area (Å²) in [5.41, 5.74) is 1.72. The third-order valence-corrected chi connectivity index (χ3v) is 4.87. The van der Waals surface area contributed by atoms with Gasteiger partial charge in [0.1, 0.15) is 6.54 Å². The van der Waals surface area contributed by atoms with Crippen molar-refractivity contribution >= 4 is 11.8 Å². The molecule has 1 atom stereocenters. The van der Waals surface area contributed by atoms with Crippen LogP contribution in [0.25, 0.3) is 0 Å². The molecule has 0 saturated carbocycles. The number of piperidine rings is 1. The summed E-state index contributed by atoms with van der Waals surface area (Å²) in [6.07, 6.45) is 5.70. The van der Waals surface area contributed by atoms with E-state index in [2.05, 4.69) is 5.10 Å². The summed E-state index contributed by atoms with van der Waals surface area (Å²) in [5, 5.41) is 4.29. The topological polar surface area (TPSA) is 58.4 Å². The fourth-order valence-corrected chi connectivity index (χ4v) is 3.60. The van der Waals surface area contributed by atoms with Crippen molar-refractivity contribution in [1.82, 2.24) is 19.6 Å². The van der Waals surface area contributed by atoms with Gasteiger partial charge in [0.2, 0.25) is 5.91 Å². The molecule has 2 aliphatic rings. The van der Waals surface area contributed by atoms with Crippen molar-refractivity contribution < 1.29 is 9.59 Å². The van der Waals surface area contributed by atoms with Gasteiger partial charge in [-0.2, -0.15) is 5.10 Å². The monoisotopic (exact) mass is 324 g/mol. The molecule has 0 spiro atoms. The van der Waals surface area contributed by atoms with Gasteiger partial charge in [0.25, 0.3) is 5.91 Å². The number of carbonyl (C=O) groups excluding carboxylic acids is 2. The first-order valence-electron chi connectivity index (χ1n) is 8.36. The number of fused-ring (bicyclic) bond motifs is 1. The van der Waals surface area contributed by atoms with Crippen LogP contribution in [0.1, 0.15) is 34.8 Å². The predicted molar refractivity (Wildman–Crippen MR) is 88.3 cm³/mol. The zero-order chi connectivity index (χ0) is 16.5. The number of benzene rings is 1. The second-order valence-corrected chi connectivity index (χ2v) is 6.44. The minimum atomic E-state index is -0.0421. The van der Waals surface area contributed by atoms with Crippen molar-refractivity contribution in [3.8, 4) is 0 Å². The van der Waals surface area contributed by atoms with E-state index in [4.69, 9.17) is 0 Å². The molecule has 2 amide bonds. The van der Waals surface area contributed by atoms with Crippen LogP contribution in [-0.2, 0) is 11.3 Å². The van der Waals surface area contributed by atoms with Gasteiger partial charge in [-0.15, -0.1) is 0 Å². The Bertz CT molecular complexity index is 756. The standard InChI is InChI=1S/C18H20N4O2/c23-17(13-21-11-14-5-1-2-7-16(14)18(21)24)20-9-3-6-15(12-20)22-10-4-8-19-22/h1-2,4-5,7-8,10,15H,3,6,9,11-13H2. The predicted octanol–water partition coefficient (Wildman–Crippen LogP) is 1.70. The van der Waals surface area contributed by atoms with E-state index in [1.54, 1.807) is 11.1 Å². The smallest absolute Gasteiger partial charge is 0.254 e. The molecule has 6 heteroatoms. The highest BCUT2D eigenvalue weighted by Crippen LogP contribution is 2.24. The van der Waals surface area contributed by atoms with Gasteiger partial charge in [-0.3, -0.25) is 14.3 Å². The maximum Gasteiger partial charge on any atom is 0.254 e. The third-order valence-electron chi connectivity index (χ3n) is 4.87. The van der Waals surface area contributed by atoms with Gasteiger partial charge in [0, 0.05) is 37.6 Å². The van der Waals surface area contributed by atoms with E-state index < -0.39 is 0 Å². The quantitative estimate of drug-likeness (QED) is 0.863. The molecule has 1 saturated heterocycles. The Balaban J connectivity index is 1.41. The molecule has 1 aromatic heterocycles. The molecule has 4 rings (SSSR count). The summed E-state index contributed by atoms with van der Waals surface area (Å²) in [4.78, 5) is 28.6. The second kappa shape index (κ2) is 6.11. The average molecular weight is 324 g/mol. The summed E-state index contributed by atoms with van der Waals surface area (Å²) in [6.45, 7) is 2.09. The Morgan fingerprint density at radius 1 is 1.25 bits per heavy atom. The van der Waals surface area contributed by atoms with E-state index >= 15 is 0 Å². The number of rotatable bonds is 3. The summed E-state index contributed by atoms with van der Waals surface area (Å²) in [7, 11) is 0. The zero-order valence-electron chi connectivity index (χ0n) is 13.5. The number of hydrogen-bond donors (Lipinski definition) is 0. The number of aromatic nitrogens is 2. The average Bonchev–Trinajstić information content (AvgIpc) is 3.25. The lowest BCUT2D eigenvalue weighted by Gasteiger charge is -2.33. The minimum Gasteiger partial charge on any atom is -0.339 e. The number of hydrogen-bond acceptors (Lipinski definition) is 3. The molecular formula is C18H20N4O2. The Morgan fingerprint density at radius 2 is 2.12 bits per heavy atom.